The van der Waals surface area contributed by atoms with Gasteiger partial charge in [0.05, 0.1) is 11.9 Å². The van der Waals surface area contributed by atoms with Crippen LogP contribution in [0.4, 0.5) is 0 Å². The summed E-state index contributed by atoms with van der Waals surface area (Å²) in [5.74, 6) is 0.867. The molecule has 1 unspecified atom stereocenters. The van der Waals surface area contributed by atoms with Crippen LogP contribution in [0.15, 0.2) is 30.3 Å². The molecule has 1 nitrogen and oxygen atoms in total. The van der Waals surface area contributed by atoms with Gasteiger partial charge in [0.25, 0.3) is 0 Å². The molecule has 0 amide bonds. The number of benzene rings is 2. The first-order chi connectivity index (χ1) is 9.43. The zero-order chi connectivity index (χ0) is 14.9. The summed E-state index contributed by atoms with van der Waals surface area (Å²) in [5, 5.41) is 0.776. The number of halogens is 2. The van der Waals surface area contributed by atoms with Crippen LogP contribution in [-0.2, 0) is 0 Å². The maximum absolute atomic E-state index is 6.41. The molecule has 3 heteroatoms. The Morgan fingerprint density at radius 3 is 2.30 bits per heavy atom. The quantitative estimate of drug-likeness (QED) is 0.638. The number of hydrogen-bond acceptors (Lipinski definition) is 1. The van der Waals surface area contributed by atoms with Crippen molar-refractivity contribution in [3.05, 3.63) is 63.2 Å². The molecular formula is C17H18BrClO. The highest BCUT2D eigenvalue weighted by molar-refractivity contribution is 9.09. The van der Waals surface area contributed by atoms with E-state index in [2.05, 4.69) is 48.8 Å². The van der Waals surface area contributed by atoms with E-state index in [1.807, 2.05) is 18.2 Å². The molecule has 0 fully saturated rings. The molecule has 0 aromatic heterocycles. The summed E-state index contributed by atoms with van der Waals surface area (Å²) in [7, 11) is 1.69. The molecule has 0 bridgehead atoms. The summed E-state index contributed by atoms with van der Waals surface area (Å²) in [5.41, 5.74) is 5.80. The fraction of sp³-hybridized carbons (Fsp3) is 0.294. The smallest absolute Gasteiger partial charge is 0.123 e. The molecule has 2 aromatic carbocycles. The lowest BCUT2D eigenvalue weighted by Gasteiger charge is -2.18. The van der Waals surface area contributed by atoms with Crippen molar-refractivity contribution in [1.29, 1.82) is 0 Å². The maximum atomic E-state index is 6.41. The van der Waals surface area contributed by atoms with Crippen molar-refractivity contribution < 1.29 is 4.74 Å². The molecule has 0 aliphatic heterocycles. The van der Waals surface area contributed by atoms with Gasteiger partial charge in [-0.25, -0.2) is 0 Å². The van der Waals surface area contributed by atoms with Gasteiger partial charge >= 0.3 is 0 Å². The van der Waals surface area contributed by atoms with Crippen LogP contribution in [0, 0.1) is 20.8 Å². The fourth-order valence-corrected chi connectivity index (χ4v) is 3.41. The van der Waals surface area contributed by atoms with E-state index in [4.69, 9.17) is 16.3 Å². The van der Waals surface area contributed by atoms with Crippen LogP contribution in [0.2, 0.25) is 5.02 Å². The average Bonchev–Trinajstić information content (AvgIpc) is 2.42. The van der Waals surface area contributed by atoms with E-state index in [9.17, 15) is 0 Å². The molecule has 0 N–H and O–H groups in total. The third kappa shape index (κ3) is 3.02. The van der Waals surface area contributed by atoms with E-state index in [1.54, 1.807) is 7.11 Å². The van der Waals surface area contributed by atoms with Gasteiger partial charge in [0.1, 0.15) is 5.75 Å². The Bertz CT molecular complexity index is 637. The average molecular weight is 354 g/mol. The molecule has 20 heavy (non-hydrogen) atoms. The zero-order valence-electron chi connectivity index (χ0n) is 12.1. The highest BCUT2D eigenvalue weighted by Crippen LogP contribution is 2.40. The number of hydrogen-bond donors (Lipinski definition) is 0. The van der Waals surface area contributed by atoms with Crippen molar-refractivity contribution in [3.63, 3.8) is 0 Å². The molecule has 0 spiro atoms. The first kappa shape index (κ1) is 15.4. The van der Waals surface area contributed by atoms with Crippen LogP contribution in [0.1, 0.15) is 32.6 Å². The van der Waals surface area contributed by atoms with Crippen LogP contribution in [0.5, 0.6) is 5.75 Å². The summed E-state index contributed by atoms with van der Waals surface area (Å²) in [6.45, 7) is 6.24. The summed E-state index contributed by atoms with van der Waals surface area (Å²) in [6, 6.07) is 10.3. The molecule has 0 radical (unpaired) electrons. The highest BCUT2D eigenvalue weighted by Gasteiger charge is 2.18. The lowest BCUT2D eigenvalue weighted by Crippen LogP contribution is -2.00. The largest absolute Gasteiger partial charge is 0.496 e. The van der Waals surface area contributed by atoms with Crippen LogP contribution in [0.3, 0.4) is 0 Å². The lowest BCUT2D eigenvalue weighted by molar-refractivity contribution is 0.410. The maximum Gasteiger partial charge on any atom is 0.123 e. The fourth-order valence-electron chi connectivity index (χ4n) is 2.22. The Balaban J connectivity index is 2.54. The molecular weight excluding hydrogens is 336 g/mol. The number of aryl methyl sites for hydroxylation is 3. The van der Waals surface area contributed by atoms with Crippen LogP contribution < -0.4 is 4.74 Å². The summed E-state index contributed by atoms with van der Waals surface area (Å²) in [6.07, 6.45) is 0. The Kier molecular flexibility index (Phi) is 4.77. The Morgan fingerprint density at radius 2 is 1.65 bits per heavy atom. The first-order valence-corrected chi connectivity index (χ1v) is 7.78. The van der Waals surface area contributed by atoms with Gasteiger partial charge < -0.3 is 4.74 Å². The van der Waals surface area contributed by atoms with Crippen molar-refractivity contribution >= 4 is 27.5 Å². The minimum Gasteiger partial charge on any atom is -0.496 e. The predicted octanol–water partition coefficient (Wildman–Crippen LogP) is 5.76. The van der Waals surface area contributed by atoms with E-state index in [0.29, 0.717) is 0 Å². The van der Waals surface area contributed by atoms with Crippen LogP contribution >= 0.6 is 27.5 Å². The van der Waals surface area contributed by atoms with E-state index in [1.165, 1.54) is 16.7 Å². The van der Waals surface area contributed by atoms with E-state index in [-0.39, 0.29) is 4.83 Å². The van der Waals surface area contributed by atoms with Crippen molar-refractivity contribution in [2.45, 2.75) is 25.6 Å². The number of alkyl halides is 1. The molecule has 2 aromatic rings. The third-order valence-corrected chi connectivity index (χ3v) is 4.86. The van der Waals surface area contributed by atoms with Crippen molar-refractivity contribution in [2.24, 2.45) is 0 Å². The standard InChI is InChI=1S/C17H18BrClO/c1-10-5-6-16(20-4)14(7-10)17(18)13-8-11(2)12(3)9-15(13)19/h5-9,17H,1-4H3. The molecule has 0 aliphatic carbocycles. The van der Waals surface area contributed by atoms with E-state index < -0.39 is 0 Å². The summed E-state index contributed by atoms with van der Waals surface area (Å²) in [4.78, 5) is 0.0177. The van der Waals surface area contributed by atoms with Gasteiger partial charge in [-0.15, -0.1) is 0 Å². The minimum atomic E-state index is 0.0177. The molecule has 1 atom stereocenters. The highest BCUT2D eigenvalue weighted by atomic mass is 79.9. The van der Waals surface area contributed by atoms with Gasteiger partial charge in [0, 0.05) is 10.6 Å². The van der Waals surface area contributed by atoms with Gasteiger partial charge in [-0.2, -0.15) is 0 Å². The van der Waals surface area contributed by atoms with Crippen molar-refractivity contribution in [2.75, 3.05) is 7.11 Å². The van der Waals surface area contributed by atoms with Gasteiger partial charge in [0.2, 0.25) is 0 Å². The third-order valence-electron chi connectivity index (χ3n) is 3.54. The summed E-state index contributed by atoms with van der Waals surface area (Å²) >= 11 is 10.2. The van der Waals surface area contributed by atoms with Gasteiger partial charge in [-0.1, -0.05) is 51.3 Å². The number of ether oxygens (including phenoxy) is 1. The Labute approximate surface area is 134 Å². The normalized spacial score (nSPS) is 12.3. The van der Waals surface area contributed by atoms with Gasteiger partial charge in [-0.3, -0.25) is 0 Å². The Hall–Kier alpha value is -0.990. The minimum absolute atomic E-state index is 0.0177. The second-order valence-electron chi connectivity index (χ2n) is 5.07. The van der Waals surface area contributed by atoms with Gasteiger partial charge in [0.15, 0.2) is 0 Å². The number of methoxy groups -OCH3 is 1. The van der Waals surface area contributed by atoms with E-state index in [0.717, 1.165) is 21.9 Å². The van der Waals surface area contributed by atoms with Crippen LogP contribution in [0.25, 0.3) is 0 Å². The molecule has 106 valence electrons. The predicted molar refractivity (Wildman–Crippen MR) is 89.4 cm³/mol. The van der Waals surface area contributed by atoms with Crippen molar-refractivity contribution in [1.82, 2.24) is 0 Å². The molecule has 0 heterocycles. The topological polar surface area (TPSA) is 9.23 Å². The summed E-state index contributed by atoms with van der Waals surface area (Å²) < 4.78 is 5.46. The molecule has 0 saturated carbocycles. The number of rotatable bonds is 3. The van der Waals surface area contributed by atoms with E-state index >= 15 is 0 Å². The zero-order valence-corrected chi connectivity index (χ0v) is 14.5. The second-order valence-corrected chi connectivity index (χ2v) is 6.39. The monoisotopic (exact) mass is 352 g/mol. The molecule has 0 saturated heterocycles. The SMILES string of the molecule is COc1ccc(C)cc1C(Br)c1cc(C)c(C)cc1Cl. The second kappa shape index (κ2) is 6.19. The first-order valence-electron chi connectivity index (χ1n) is 6.49. The molecule has 0 aliphatic rings. The van der Waals surface area contributed by atoms with Crippen LogP contribution in [-0.4, -0.2) is 7.11 Å². The van der Waals surface area contributed by atoms with Crippen molar-refractivity contribution in [3.8, 4) is 5.75 Å². The Morgan fingerprint density at radius 1 is 1.00 bits per heavy atom. The molecule has 2 rings (SSSR count). The lowest BCUT2D eigenvalue weighted by atomic mass is 9.98. The van der Waals surface area contributed by atoms with Gasteiger partial charge in [-0.05, 0) is 49.6 Å².